The van der Waals surface area contributed by atoms with Gasteiger partial charge in [-0.25, -0.2) is 9.97 Å². The summed E-state index contributed by atoms with van der Waals surface area (Å²) in [6.07, 6.45) is 7.24. The van der Waals surface area contributed by atoms with Crippen molar-refractivity contribution in [3.63, 3.8) is 0 Å². The lowest BCUT2D eigenvalue weighted by atomic mass is 9.88. The van der Waals surface area contributed by atoms with Gasteiger partial charge in [-0.1, -0.05) is 0 Å². The van der Waals surface area contributed by atoms with Crippen LogP contribution in [-0.2, 0) is 4.74 Å². The zero-order valence-corrected chi connectivity index (χ0v) is 21.1. The quantitative estimate of drug-likeness (QED) is 0.528. The number of nitrogens with one attached hydrogen (secondary N) is 1. The maximum atomic E-state index is 12.9. The van der Waals surface area contributed by atoms with Crippen LogP contribution in [0.3, 0.4) is 0 Å². The largest absolute Gasteiger partial charge is 0.378 e. The molecule has 5 rings (SSSR count). The molecule has 0 spiro atoms. The molecular weight excluding hydrogens is 464 g/mol. The van der Waals surface area contributed by atoms with Gasteiger partial charge in [0.1, 0.15) is 16.2 Å². The molecule has 2 saturated heterocycles. The Morgan fingerprint density at radius 2 is 1.89 bits per heavy atom. The predicted molar refractivity (Wildman–Crippen MR) is 137 cm³/mol. The van der Waals surface area contributed by atoms with E-state index in [4.69, 9.17) is 4.74 Å². The number of amides is 1. The second-order valence-electron chi connectivity index (χ2n) is 9.14. The van der Waals surface area contributed by atoms with E-state index in [-0.39, 0.29) is 5.91 Å². The second kappa shape index (κ2) is 10.8. The van der Waals surface area contributed by atoms with Crippen LogP contribution in [0.5, 0.6) is 0 Å². The van der Waals surface area contributed by atoms with Crippen LogP contribution in [0, 0.1) is 0 Å². The van der Waals surface area contributed by atoms with E-state index in [9.17, 15) is 4.79 Å². The standard InChI is InChI=1S/C24H32N8O2S/c1-30(2)23(33)21-19(20-22(35-21)27-8-7-26-20)17-4-10-31(11-5-17)12-9-25-18-3-6-28-24(29-18)32-13-15-34-16-14-32/h3,6-8,17H,4-5,9-16H2,1-2H3,(H,25,28,29). The third-order valence-corrected chi connectivity index (χ3v) is 7.72. The molecule has 35 heavy (non-hydrogen) atoms. The van der Waals surface area contributed by atoms with Crippen molar-refractivity contribution in [2.24, 2.45) is 0 Å². The number of fused-ring (bicyclic) bond motifs is 1. The van der Waals surface area contributed by atoms with Crippen LogP contribution in [-0.4, -0.2) is 102 Å². The van der Waals surface area contributed by atoms with Crippen LogP contribution in [0.2, 0.25) is 0 Å². The van der Waals surface area contributed by atoms with Gasteiger partial charge in [0.2, 0.25) is 5.95 Å². The summed E-state index contributed by atoms with van der Waals surface area (Å²) in [5.74, 6) is 1.97. The van der Waals surface area contributed by atoms with Crippen LogP contribution < -0.4 is 10.2 Å². The fourth-order valence-corrected chi connectivity index (χ4v) is 5.94. The van der Waals surface area contributed by atoms with E-state index in [1.54, 1.807) is 31.4 Å². The molecule has 0 atom stereocenters. The van der Waals surface area contributed by atoms with Gasteiger partial charge in [0, 0.05) is 64.4 Å². The molecule has 0 radical (unpaired) electrons. The number of carbonyl (C=O) groups is 1. The summed E-state index contributed by atoms with van der Waals surface area (Å²) in [6.45, 7) is 6.82. The molecule has 1 amide bonds. The topological polar surface area (TPSA) is 99.6 Å². The van der Waals surface area contributed by atoms with Gasteiger partial charge in [-0.05, 0) is 37.9 Å². The Bertz CT molecular complexity index is 1160. The lowest BCUT2D eigenvalue weighted by molar-refractivity contribution is 0.0830. The van der Waals surface area contributed by atoms with Gasteiger partial charge in [0.05, 0.1) is 18.1 Å². The number of aromatic nitrogens is 4. The lowest BCUT2D eigenvalue weighted by Gasteiger charge is -2.32. The fraction of sp³-hybridized carbons (Fsp3) is 0.542. The van der Waals surface area contributed by atoms with E-state index in [1.807, 2.05) is 12.3 Å². The molecule has 2 fully saturated rings. The minimum Gasteiger partial charge on any atom is -0.378 e. The van der Waals surface area contributed by atoms with Gasteiger partial charge < -0.3 is 24.8 Å². The normalized spacial score (nSPS) is 17.6. The summed E-state index contributed by atoms with van der Waals surface area (Å²) in [6, 6.07) is 1.92. The van der Waals surface area contributed by atoms with Gasteiger partial charge in [-0.15, -0.1) is 11.3 Å². The molecule has 5 heterocycles. The number of ether oxygens (including phenoxy) is 1. The average Bonchev–Trinajstić information content (AvgIpc) is 3.29. The number of hydrogen-bond acceptors (Lipinski definition) is 10. The molecule has 10 nitrogen and oxygen atoms in total. The molecule has 3 aromatic rings. The first-order valence-electron chi connectivity index (χ1n) is 12.2. The summed E-state index contributed by atoms with van der Waals surface area (Å²) in [7, 11) is 3.60. The molecule has 0 saturated carbocycles. The molecule has 1 N–H and O–H groups in total. The Hall–Kier alpha value is -2.89. The highest BCUT2D eigenvalue weighted by Crippen LogP contribution is 2.39. The van der Waals surface area contributed by atoms with Crippen molar-refractivity contribution < 1.29 is 9.53 Å². The molecule has 2 aliphatic heterocycles. The molecule has 0 unspecified atom stereocenters. The SMILES string of the molecule is CN(C)C(=O)c1sc2nccnc2c1C1CCN(CCNc2ccnc(N3CCOCC3)n2)CC1. The number of likely N-dealkylation sites (tertiary alicyclic amines) is 1. The smallest absolute Gasteiger partial charge is 0.263 e. The molecular formula is C24H32N8O2S. The average molecular weight is 497 g/mol. The zero-order valence-electron chi connectivity index (χ0n) is 20.3. The van der Waals surface area contributed by atoms with Gasteiger partial charge >= 0.3 is 0 Å². The molecule has 186 valence electrons. The first-order valence-corrected chi connectivity index (χ1v) is 13.0. The number of nitrogens with zero attached hydrogens (tertiary/aromatic N) is 7. The number of hydrogen-bond donors (Lipinski definition) is 1. The van der Waals surface area contributed by atoms with E-state index in [2.05, 4.69) is 35.1 Å². The second-order valence-corrected chi connectivity index (χ2v) is 10.1. The van der Waals surface area contributed by atoms with Crippen molar-refractivity contribution in [1.82, 2.24) is 29.7 Å². The highest BCUT2D eigenvalue weighted by molar-refractivity contribution is 7.20. The minimum absolute atomic E-state index is 0.0396. The summed E-state index contributed by atoms with van der Waals surface area (Å²) in [5, 5.41) is 3.45. The Morgan fingerprint density at radius 1 is 1.11 bits per heavy atom. The van der Waals surface area contributed by atoms with E-state index in [1.165, 1.54) is 11.3 Å². The first kappa shape index (κ1) is 23.8. The third kappa shape index (κ3) is 5.36. The lowest BCUT2D eigenvalue weighted by Crippen LogP contribution is -2.37. The fourth-order valence-electron chi connectivity index (χ4n) is 4.73. The van der Waals surface area contributed by atoms with Crippen molar-refractivity contribution in [1.29, 1.82) is 0 Å². The predicted octanol–water partition coefficient (Wildman–Crippen LogP) is 2.31. The number of rotatable bonds is 7. The third-order valence-electron chi connectivity index (χ3n) is 6.63. The highest BCUT2D eigenvalue weighted by Gasteiger charge is 2.30. The summed E-state index contributed by atoms with van der Waals surface area (Å²) in [4.78, 5) is 39.0. The van der Waals surface area contributed by atoms with Gasteiger partial charge in [0.25, 0.3) is 5.91 Å². The molecule has 3 aromatic heterocycles. The van der Waals surface area contributed by atoms with Crippen molar-refractivity contribution >= 4 is 39.4 Å². The van der Waals surface area contributed by atoms with Gasteiger partial charge in [-0.2, -0.15) is 4.98 Å². The Kier molecular flexibility index (Phi) is 7.35. The van der Waals surface area contributed by atoms with Crippen molar-refractivity contribution in [2.75, 3.05) is 76.8 Å². The Balaban J connectivity index is 1.17. The Labute approximate surface area is 209 Å². The number of morpholine rings is 1. The van der Waals surface area contributed by atoms with Crippen molar-refractivity contribution in [3.8, 4) is 0 Å². The highest BCUT2D eigenvalue weighted by atomic mass is 32.1. The molecule has 0 aromatic carbocycles. The number of piperidine rings is 1. The molecule has 11 heteroatoms. The Morgan fingerprint density at radius 3 is 2.66 bits per heavy atom. The van der Waals surface area contributed by atoms with Crippen LogP contribution >= 0.6 is 11.3 Å². The molecule has 2 aliphatic rings. The van der Waals surface area contributed by atoms with E-state index < -0.39 is 0 Å². The number of carbonyl (C=O) groups excluding carboxylic acids is 1. The number of anilines is 2. The molecule has 0 aliphatic carbocycles. The molecule has 0 bridgehead atoms. The van der Waals surface area contributed by atoms with Gasteiger partial charge in [-0.3, -0.25) is 9.78 Å². The maximum absolute atomic E-state index is 12.9. The van der Waals surface area contributed by atoms with Crippen LogP contribution in [0.15, 0.2) is 24.7 Å². The maximum Gasteiger partial charge on any atom is 0.263 e. The van der Waals surface area contributed by atoms with E-state index in [0.717, 1.165) is 97.9 Å². The first-order chi connectivity index (χ1) is 17.1. The van der Waals surface area contributed by atoms with Crippen LogP contribution in [0.4, 0.5) is 11.8 Å². The summed E-state index contributed by atoms with van der Waals surface area (Å²) >= 11 is 1.47. The zero-order chi connectivity index (χ0) is 24.2. The minimum atomic E-state index is 0.0396. The summed E-state index contributed by atoms with van der Waals surface area (Å²) < 4.78 is 5.42. The van der Waals surface area contributed by atoms with E-state index in [0.29, 0.717) is 5.92 Å². The summed E-state index contributed by atoms with van der Waals surface area (Å²) in [5.41, 5.74) is 1.98. The van der Waals surface area contributed by atoms with E-state index >= 15 is 0 Å². The van der Waals surface area contributed by atoms with Crippen LogP contribution in [0.25, 0.3) is 10.3 Å². The van der Waals surface area contributed by atoms with Crippen molar-refractivity contribution in [3.05, 3.63) is 35.1 Å². The van der Waals surface area contributed by atoms with Crippen LogP contribution in [0.1, 0.15) is 34.0 Å². The van der Waals surface area contributed by atoms with Gasteiger partial charge in [0.15, 0.2) is 0 Å². The monoisotopic (exact) mass is 496 g/mol. The number of thiophene rings is 1. The van der Waals surface area contributed by atoms with Crippen molar-refractivity contribution in [2.45, 2.75) is 18.8 Å².